The Morgan fingerprint density at radius 3 is 2.26 bits per heavy atom. The van der Waals surface area contributed by atoms with Crippen molar-refractivity contribution in [2.75, 3.05) is 6.61 Å². The second-order valence-corrected chi connectivity index (χ2v) is 17.5. The van der Waals surface area contributed by atoms with Gasteiger partial charge in [-0.15, -0.1) is 0 Å². The molecule has 5 aliphatic carbocycles. The van der Waals surface area contributed by atoms with E-state index in [1.807, 2.05) is 0 Å². The fourth-order valence-corrected chi connectivity index (χ4v) is 12.0. The SMILES string of the molecule is CC1(C)CC[C@]2(C(=O)O)[C@H](O)C[C@]3(C)C(=CCC4[C@@]5(C)CC[C@H](OC6OC[C@H](O)[C@H](O)[C@H]6O)C(C)(C)C5CC[C@]43C)[C@@H]2C1. The minimum Gasteiger partial charge on any atom is -0.481 e. The number of carboxylic acid groups (broad SMARTS) is 1. The molecule has 0 aromatic heterocycles. The fourth-order valence-electron chi connectivity index (χ4n) is 12.0. The van der Waals surface area contributed by atoms with Crippen LogP contribution in [-0.2, 0) is 14.3 Å². The number of aliphatic hydroxyl groups is 4. The highest BCUT2D eigenvalue weighted by molar-refractivity contribution is 5.77. The zero-order valence-corrected chi connectivity index (χ0v) is 27.3. The maximum atomic E-state index is 13.0. The Morgan fingerprint density at radius 2 is 1.58 bits per heavy atom. The zero-order valence-electron chi connectivity index (χ0n) is 27.3. The molecule has 0 radical (unpaired) electrons. The van der Waals surface area contributed by atoms with Crippen molar-refractivity contribution >= 4 is 5.97 Å². The van der Waals surface area contributed by atoms with Crippen LogP contribution < -0.4 is 0 Å². The lowest BCUT2D eigenvalue weighted by Gasteiger charge is -2.71. The standard InChI is InChI=1S/C35H56O8/c1-30(2)14-15-35(29(40)41)20(16-30)19-8-9-23-32(5)12-11-25(43-28-27(39)26(38)21(36)18-42-28)31(3,4)22(32)10-13-33(23,6)34(19,7)17-24(35)37/h8,20-28,36-39H,9-18H2,1-7H3,(H,40,41)/t20-,21-,22?,23?,24+,25-,26-,27+,28?,32-,33+,34+,35+/m0/s1. The van der Waals surface area contributed by atoms with Crippen LogP contribution >= 0.6 is 0 Å². The van der Waals surface area contributed by atoms with Gasteiger partial charge in [-0.1, -0.05) is 60.1 Å². The molecule has 4 saturated carbocycles. The molecule has 0 aromatic rings. The van der Waals surface area contributed by atoms with Crippen molar-refractivity contribution in [3.63, 3.8) is 0 Å². The van der Waals surface area contributed by atoms with E-state index < -0.39 is 42.1 Å². The molecule has 3 unspecified atom stereocenters. The van der Waals surface area contributed by atoms with Gasteiger partial charge in [-0.05, 0) is 103 Å². The van der Waals surface area contributed by atoms with Gasteiger partial charge in [-0.25, -0.2) is 0 Å². The molecule has 0 bridgehead atoms. The van der Waals surface area contributed by atoms with Crippen molar-refractivity contribution in [3.05, 3.63) is 11.6 Å². The molecule has 0 spiro atoms. The molecule has 8 nitrogen and oxygen atoms in total. The van der Waals surface area contributed by atoms with Gasteiger partial charge in [0.15, 0.2) is 6.29 Å². The van der Waals surface area contributed by atoms with E-state index in [9.17, 15) is 30.3 Å². The summed E-state index contributed by atoms with van der Waals surface area (Å²) in [6.07, 6.45) is 4.00. The fraction of sp³-hybridized carbons (Fsp3) is 0.914. The summed E-state index contributed by atoms with van der Waals surface area (Å²) < 4.78 is 12.1. The molecule has 1 heterocycles. The van der Waals surface area contributed by atoms with Gasteiger partial charge in [0.25, 0.3) is 0 Å². The van der Waals surface area contributed by atoms with E-state index in [0.29, 0.717) is 24.7 Å². The number of allylic oxidation sites excluding steroid dienone is 2. The van der Waals surface area contributed by atoms with E-state index in [4.69, 9.17) is 9.47 Å². The number of carboxylic acids is 1. The number of ether oxygens (including phenoxy) is 2. The lowest BCUT2D eigenvalue weighted by molar-refractivity contribution is -0.308. The van der Waals surface area contributed by atoms with Crippen LogP contribution in [0.15, 0.2) is 11.6 Å². The highest BCUT2D eigenvalue weighted by atomic mass is 16.7. The molecule has 6 aliphatic rings. The lowest BCUT2D eigenvalue weighted by atomic mass is 9.33. The van der Waals surface area contributed by atoms with Crippen molar-refractivity contribution in [3.8, 4) is 0 Å². The molecule has 1 saturated heterocycles. The Kier molecular flexibility index (Phi) is 7.41. The van der Waals surface area contributed by atoms with Crippen LogP contribution in [0, 0.1) is 50.2 Å². The van der Waals surface area contributed by atoms with Crippen molar-refractivity contribution in [1.29, 1.82) is 0 Å². The molecule has 13 atom stereocenters. The molecule has 0 aromatic carbocycles. The van der Waals surface area contributed by atoms with Gasteiger partial charge in [-0.2, -0.15) is 0 Å². The molecule has 0 amide bonds. The number of aliphatic carboxylic acids is 1. The van der Waals surface area contributed by atoms with Crippen LogP contribution in [0.2, 0.25) is 0 Å². The molecule has 8 heteroatoms. The Labute approximate surface area is 257 Å². The second kappa shape index (κ2) is 9.98. The van der Waals surface area contributed by atoms with Gasteiger partial charge < -0.3 is 35.0 Å². The first-order valence-corrected chi connectivity index (χ1v) is 16.8. The molecule has 244 valence electrons. The average Bonchev–Trinajstić information content (AvgIpc) is 2.90. The van der Waals surface area contributed by atoms with Gasteiger partial charge in [0.2, 0.25) is 0 Å². The number of carbonyl (C=O) groups is 1. The molecule has 5 N–H and O–H groups in total. The van der Waals surface area contributed by atoms with Crippen LogP contribution in [0.5, 0.6) is 0 Å². The Morgan fingerprint density at radius 1 is 0.884 bits per heavy atom. The van der Waals surface area contributed by atoms with E-state index in [-0.39, 0.29) is 45.7 Å². The predicted octanol–water partition coefficient (Wildman–Crippen LogP) is 4.67. The number of rotatable bonds is 3. The normalized spacial score (nSPS) is 53.8. The monoisotopic (exact) mass is 604 g/mol. The van der Waals surface area contributed by atoms with Gasteiger partial charge in [0.1, 0.15) is 23.7 Å². The quantitative estimate of drug-likeness (QED) is 0.232. The Balaban J connectivity index is 1.32. The molecule has 1 aliphatic heterocycles. The predicted molar refractivity (Wildman–Crippen MR) is 161 cm³/mol. The zero-order chi connectivity index (χ0) is 31.5. The van der Waals surface area contributed by atoms with E-state index >= 15 is 0 Å². The van der Waals surface area contributed by atoms with Gasteiger partial charge in [0.05, 0.1) is 18.8 Å². The van der Waals surface area contributed by atoms with Crippen molar-refractivity contribution in [1.82, 2.24) is 0 Å². The van der Waals surface area contributed by atoms with Crippen LogP contribution in [0.4, 0.5) is 0 Å². The first kappa shape index (κ1) is 31.9. The van der Waals surface area contributed by atoms with E-state index in [1.54, 1.807) is 0 Å². The maximum absolute atomic E-state index is 13.0. The third kappa shape index (κ3) is 4.25. The minimum atomic E-state index is -1.30. The first-order valence-electron chi connectivity index (χ1n) is 16.8. The number of fused-ring (bicyclic) bond motifs is 7. The van der Waals surface area contributed by atoms with Crippen LogP contribution in [0.1, 0.15) is 106 Å². The number of aliphatic hydroxyl groups excluding tert-OH is 4. The summed E-state index contributed by atoms with van der Waals surface area (Å²) in [5.41, 5.74) is -0.331. The topological polar surface area (TPSA) is 137 Å². The third-order valence-electron chi connectivity index (χ3n) is 14.8. The number of hydrogen-bond donors (Lipinski definition) is 5. The largest absolute Gasteiger partial charge is 0.481 e. The van der Waals surface area contributed by atoms with E-state index in [2.05, 4.69) is 54.5 Å². The lowest BCUT2D eigenvalue weighted by Crippen LogP contribution is -2.67. The summed E-state index contributed by atoms with van der Waals surface area (Å²) in [6.45, 7) is 16.2. The van der Waals surface area contributed by atoms with Crippen molar-refractivity contribution in [2.45, 2.75) is 143 Å². The Hall–Kier alpha value is -1.03. The highest BCUT2D eigenvalue weighted by Gasteiger charge is 2.71. The van der Waals surface area contributed by atoms with Gasteiger partial charge >= 0.3 is 5.97 Å². The summed E-state index contributed by atoms with van der Waals surface area (Å²) in [5, 5.41) is 53.2. The van der Waals surface area contributed by atoms with Crippen LogP contribution in [0.3, 0.4) is 0 Å². The maximum Gasteiger partial charge on any atom is 0.312 e. The van der Waals surface area contributed by atoms with Crippen molar-refractivity contribution < 1.29 is 39.8 Å². The summed E-state index contributed by atoms with van der Waals surface area (Å²) in [5.74, 6) is -0.253. The highest BCUT2D eigenvalue weighted by Crippen LogP contribution is 2.76. The van der Waals surface area contributed by atoms with E-state index in [1.165, 1.54) is 5.57 Å². The second-order valence-electron chi connectivity index (χ2n) is 17.5. The van der Waals surface area contributed by atoms with Crippen LogP contribution in [0.25, 0.3) is 0 Å². The Bertz CT molecular complexity index is 1160. The molecule has 5 fully saturated rings. The summed E-state index contributed by atoms with van der Waals surface area (Å²) >= 11 is 0. The first-order chi connectivity index (χ1) is 19.8. The molecular formula is C35H56O8. The third-order valence-corrected chi connectivity index (χ3v) is 14.8. The minimum absolute atomic E-state index is 0.0151. The van der Waals surface area contributed by atoms with E-state index in [0.717, 1.165) is 44.9 Å². The van der Waals surface area contributed by atoms with Gasteiger partial charge in [-0.3, -0.25) is 4.79 Å². The van der Waals surface area contributed by atoms with Crippen LogP contribution in [-0.4, -0.2) is 74.9 Å². The summed E-state index contributed by atoms with van der Waals surface area (Å²) in [4.78, 5) is 13.0. The summed E-state index contributed by atoms with van der Waals surface area (Å²) in [7, 11) is 0. The van der Waals surface area contributed by atoms with Gasteiger partial charge in [0, 0.05) is 0 Å². The molecular weight excluding hydrogens is 548 g/mol. The van der Waals surface area contributed by atoms with Crippen molar-refractivity contribution in [2.24, 2.45) is 50.2 Å². The smallest absolute Gasteiger partial charge is 0.312 e. The average molecular weight is 605 g/mol. The molecule has 6 rings (SSSR count). The molecule has 43 heavy (non-hydrogen) atoms. The number of hydrogen-bond acceptors (Lipinski definition) is 7. The summed E-state index contributed by atoms with van der Waals surface area (Å²) in [6, 6.07) is 0.